The summed E-state index contributed by atoms with van der Waals surface area (Å²) in [7, 11) is -2.92. The normalized spacial score (nSPS) is 26.2. The number of nitrogens with zero attached hydrogens (tertiary/aromatic N) is 1. The molecule has 2 fully saturated rings. The van der Waals surface area contributed by atoms with E-state index in [1.54, 1.807) is 4.90 Å². The third kappa shape index (κ3) is 3.36. The van der Waals surface area contributed by atoms with Crippen molar-refractivity contribution in [2.24, 2.45) is 5.92 Å². The van der Waals surface area contributed by atoms with Crippen molar-refractivity contribution >= 4 is 28.2 Å². The number of carbonyl (C=O) groups excluding carboxylic acids is 1. The van der Waals surface area contributed by atoms with Gasteiger partial charge < -0.3 is 10.2 Å². The van der Waals surface area contributed by atoms with E-state index < -0.39 is 9.84 Å². The minimum Gasteiger partial charge on any atom is -0.338 e. The lowest BCUT2D eigenvalue weighted by Crippen LogP contribution is -2.54. The first-order valence-corrected chi connectivity index (χ1v) is 8.07. The molecule has 0 spiro atoms. The molecule has 0 aromatic rings. The molecule has 2 heterocycles. The van der Waals surface area contributed by atoms with E-state index in [1.165, 1.54) is 0 Å². The van der Waals surface area contributed by atoms with Gasteiger partial charge in [-0.15, -0.1) is 12.4 Å². The first-order valence-electron chi connectivity index (χ1n) is 6.25. The van der Waals surface area contributed by atoms with Crippen LogP contribution in [-0.4, -0.2) is 56.4 Å². The predicted octanol–water partition coefficient (Wildman–Crippen LogP) is 0.0533. The first-order chi connectivity index (χ1) is 8.03. The fraction of sp³-hybridized carbons (Fsp3) is 0.909. The molecule has 0 aromatic heterocycles. The van der Waals surface area contributed by atoms with Gasteiger partial charge in [0.1, 0.15) is 0 Å². The second-order valence-corrected chi connectivity index (χ2v) is 7.17. The van der Waals surface area contributed by atoms with E-state index in [9.17, 15) is 13.2 Å². The van der Waals surface area contributed by atoms with Gasteiger partial charge in [0.2, 0.25) is 5.91 Å². The Labute approximate surface area is 115 Å². The van der Waals surface area contributed by atoms with Gasteiger partial charge in [0, 0.05) is 25.7 Å². The quantitative estimate of drug-likeness (QED) is 0.796. The average molecular weight is 297 g/mol. The van der Waals surface area contributed by atoms with E-state index >= 15 is 0 Å². The van der Waals surface area contributed by atoms with Crippen molar-refractivity contribution < 1.29 is 13.2 Å². The van der Waals surface area contributed by atoms with E-state index in [2.05, 4.69) is 5.32 Å². The van der Waals surface area contributed by atoms with Crippen molar-refractivity contribution in [3.05, 3.63) is 0 Å². The molecule has 2 rings (SSSR count). The summed E-state index contributed by atoms with van der Waals surface area (Å²) >= 11 is 0. The van der Waals surface area contributed by atoms with Crippen LogP contribution in [0.2, 0.25) is 0 Å². The zero-order chi connectivity index (χ0) is 12.5. The average Bonchev–Trinajstić information content (AvgIpc) is 2.52. The van der Waals surface area contributed by atoms with Crippen LogP contribution in [0.15, 0.2) is 0 Å². The molecule has 0 saturated carbocycles. The molecule has 0 aliphatic carbocycles. The molecule has 0 bridgehead atoms. The molecule has 7 heteroatoms. The number of nitrogens with one attached hydrogen (secondary N) is 1. The van der Waals surface area contributed by atoms with Crippen molar-refractivity contribution in [2.75, 3.05) is 31.1 Å². The minimum atomic E-state index is -2.92. The largest absolute Gasteiger partial charge is 0.338 e. The highest BCUT2D eigenvalue weighted by Crippen LogP contribution is 2.21. The second-order valence-electron chi connectivity index (χ2n) is 4.94. The molecule has 0 aromatic carbocycles. The van der Waals surface area contributed by atoms with Crippen LogP contribution in [-0.2, 0) is 14.6 Å². The summed E-state index contributed by atoms with van der Waals surface area (Å²) in [6, 6.07) is -0.0898. The molecule has 1 N–H and O–H groups in total. The van der Waals surface area contributed by atoms with E-state index in [-0.39, 0.29) is 41.8 Å². The molecule has 2 aliphatic heterocycles. The fourth-order valence-electron chi connectivity index (χ4n) is 2.43. The Hall–Kier alpha value is -0.330. The van der Waals surface area contributed by atoms with Gasteiger partial charge >= 0.3 is 0 Å². The van der Waals surface area contributed by atoms with Crippen LogP contribution in [0, 0.1) is 5.92 Å². The van der Waals surface area contributed by atoms with Gasteiger partial charge in [-0.2, -0.15) is 0 Å². The monoisotopic (exact) mass is 296 g/mol. The molecule has 18 heavy (non-hydrogen) atoms. The van der Waals surface area contributed by atoms with Gasteiger partial charge in [-0.3, -0.25) is 4.79 Å². The Bertz CT molecular complexity index is 395. The van der Waals surface area contributed by atoms with Gasteiger partial charge in [-0.25, -0.2) is 8.42 Å². The smallest absolute Gasteiger partial charge is 0.228 e. The van der Waals surface area contributed by atoms with Gasteiger partial charge in [0.05, 0.1) is 17.4 Å². The Balaban J connectivity index is 0.00000162. The van der Waals surface area contributed by atoms with E-state index in [4.69, 9.17) is 0 Å². The standard InChI is InChI=1S/C11H20N2O3S.ClH/c1-2-4-13(11(14)9-6-12-7-9)10-3-5-17(15,16)8-10;/h9-10,12H,2-8H2,1H3;1H. The number of halogens is 1. The Morgan fingerprint density at radius 3 is 2.44 bits per heavy atom. The summed E-state index contributed by atoms with van der Waals surface area (Å²) < 4.78 is 23.0. The van der Waals surface area contributed by atoms with Crippen LogP contribution in [0.3, 0.4) is 0 Å². The maximum atomic E-state index is 12.2. The molecule has 2 aliphatic rings. The predicted molar refractivity (Wildman–Crippen MR) is 72.7 cm³/mol. The van der Waals surface area contributed by atoms with Crippen LogP contribution in [0.4, 0.5) is 0 Å². The number of carbonyl (C=O) groups is 1. The van der Waals surface area contributed by atoms with Crippen molar-refractivity contribution in [1.82, 2.24) is 10.2 Å². The number of hydrogen-bond acceptors (Lipinski definition) is 4. The molecule has 1 atom stereocenters. The SMILES string of the molecule is CCCN(C(=O)C1CNC1)C1CCS(=O)(=O)C1.Cl. The molecule has 1 amide bonds. The Morgan fingerprint density at radius 2 is 2.06 bits per heavy atom. The maximum absolute atomic E-state index is 12.2. The van der Waals surface area contributed by atoms with Crippen LogP contribution >= 0.6 is 12.4 Å². The summed E-state index contributed by atoms with van der Waals surface area (Å²) in [5.74, 6) is 0.574. The summed E-state index contributed by atoms with van der Waals surface area (Å²) in [6.07, 6.45) is 1.48. The molecular formula is C11H21ClN2O3S. The zero-order valence-electron chi connectivity index (χ0n) is 10.6. The van der Waals surface area contributed by atoms with Crippen molar-refractivity contribution in [3.8, 4) is 0 Å². The van der Waals surface area contributed by atoms with E-state index in [0.717, 1.165) is 19.5 Å². The first kappa shape index (κ1) is 15.7. The summed E-state index contributed by atoms with van der Waals surface area (Å²) in [5, 5.41) is 3.08. The third-order valence-electron chi connectivity index (χ3n) is 3.53. The summed E-state index contributed by atoms with van der Waals surface area (Å²) in [4.78, 5) is 14.0. The Kier molecular flexibility index (Phi) is 5.43. The lowest BCUT2D eigenvalue weighted by atomic mass is 10.0. The lowest BCUT2D eigenvalue weighted by Gasteiger charge is -2.35. The maximum Gasteiger partial charge on any atom is 0.228 e. The van der Waals surface area contributed by atoms with Crippen molar-refractivity contribution in [1.29, 1.82) is 0 Å². The van der Waals surface area contributed by atoms with Crippen LogP contribution < -0.4 is 5.32 Å². The highest BCUT2D eigenvalue weighted by Gasteiger charge is 2.37. The van der Waals surface area contributed by atoms with Gasteiger partial charge in [-0.1, -0.05) is 6.92 Å². The topological polar surface area (TPSA) is 66.5 Å². The molecule has 2 saturated heterocycles. The third-order valence-corrected chi connectivity index (χ3v) is 5.28. The lowest BCUT2D eigenvalue weighted by molar-refractivity contribution is -0.139. The number of hydrogen-bond donors (Lipinski definition) is 1. The number of sulfone groups is 1. The summed E-state index contributed by atoms with van der Waals surface area (Å²) in [5.41, 5.74) is 0. The van der Waals surface area contributed by atoms with Crippen LogP contribution in [0.25, 0.3) is 0 Å². The van der Waals surface area contributed by atoms with E-state index in [1.807, 2.05) is 6.92 Å². The minimum absolute atomic E-state index is 0. The summed E-state index contributed by atoms with van der Waals surface area (Å²) in [6.45, 7) is 4.16. The zero-order valence-corrected chi connectivity index (χ0v) is 12.2. The molecule has 1 unspecified atom stereocenters. The van der Waals surface area contributed by atoms with Gasteiger partial charge in [0.25, 0.3) is 0 Å². The van der Waals surface area contributed by atoms with Gasteiger partial charge in [-0.05, 0) is 12.8 Å². The fourth-order valence-corrected chi connectivity index (χ4v) is 4.16. The van der Waals surface area contributed by atoms with Gasteiger partial charge in [0.15, 0.2) is 9.84 Å². The highest BCUT2D eigenvalue weighted by atomic mass is 35.5. The highest BCUT2D eigenvalue weighted by molar-refractivity contribution is 7.91. The molecule has 5 nitrogen and oxygen atoms in total. The second kappa shape index (κ2) is 6.21. The Morgan fingerprint density at radius 1 is 1.39 bits per heavy atom. The van der Waals surface area contributed by atoms with Crippen molar-refractivity contribution in [2.45, 2.75) is 25.8 Å². The van der Waals surface area contributed by atoms with E-state index in [0.29, 0.717) is 13.0 Å². The number of amides is 1. The number of rotatable bonds is 4. The molecule has 106 valence electrons. The van der Waals surface area contributed by atoms with Crippen molar-refractivity contribution in [3.63, 3.8) is 0 Å². The molecular weight excluding hydrogens is 276 g/mol. The van der Waals surface area contributed by atoms with Crippen LogP contribution in [0.1, 0.15) is 19.8 Å². The van der Waals surface area contributed by atoms with Crippen LogP contribution in [0.5, 0.6) is 0 Å². The molecule has 0 radical (unpaired) electrons.